The molecule has 0 radical (unpaired) electrons. The van der Waals surface area contributed by atoms with Gasteiger partial charge in [-0.2, -0.15) is 0 Å². The lowest BCUT2D eigenvalue weighted by molar-refractivity contribution is 0.416. The van der Waals surface area contributed by atoms with E-state index in [4.69, 9.17) is 44.6 Å². The summed E-state index contributed by atoms with van der Waals surface area (Å²) in [5.74, 6) is 1.50. The number of benzene rings is 2. The van der Waals surface area contributed by atoms with Gasteiger partial charge in [0, 0.05) is 17.4 Å². The Morgan fingerprint density at radius 2 is 1.92 bits per heavy atom. The second kappa shape index (κ2) is 10.5. The number of pyridine rings is 1. The molecular formula is C26H22Cl2N4O4S2. The summed E-state index contributed by atoms with van der Waals surface area (Å²) in [7, 11) is -2.10. The first kappa shape index (κ1) is 26.3. The molecule has 4 aromatic rings. The summed E-state index contributed by atoms with van der Waals surface area (Å²) in [5, 5.41) is 4.58. The maximum Gasteiger partial charge on any atom is 0.229 e. The predicted octanol–water partition coefficient (Wildman–Crippen LogP) is 6.21. The molecule has 196 valence electrons. The molecule has 0 spiro atoms. The highest BCUT2D eigenvalue weighted by molar-refractivity contribution is 7.92. The van der Waals surface area contributed by atoms with Crippen molar-refractivity contribution in [2.75, 3.05) is 23.0 Å². The zero-order valence-corrected chi connectivity index (χ0v) is 23.3. The molecule has 1 aliphatic heterocycles. The molecule has 0 bridgehead atoms. The number of methoxy groups -OCH3 is 1. The number of hydrogen-bond donors (Lipinski definition) is 2. The van der Waals surface area contributed by atoms with E-state index in [0.29, 0.717) is 43.7 Å². The number of rotatable bonds is 7. The van der Waals surface area contributed by atoms with Crippen LogP contribution in [-0.2, 0) is 10.0 Å². The minimum Gasteiger partial charge on any atom is -0.495 e. The molecule has 8 nitrogen and oxygen atoms in total. The van der Waals surface area contributed by atoms with Gasteiger partial charge in [0.15, 0.2) is 5.11 Å². The Kier molecular flexibility index (Phi) is 7.23. The number of thiocarbonyl (C=S) groups is 1. The number of aromatic nitrogens is 1. The average Bonchev–Trinajstić information content (AvgIpc) is 3.50. The molecule has 38 heavy (non-hydrogen) atoms. The number of ether oxygens (including phenoxy) is 1. The van der Waals surface area contributed by atoms with Crippen molar-refractivity contribution in [2.24, 2.45) is 0 Å². The topological polar surface area (TPSA) is 96.7 Å². The fraction of sp³-hybridized carbons (Fsp3) is 0.154. The Morgan fingerprint density at radius 3 is 2.63 bits per heavy atom. The highest BCUT2D eigenvalue weighted by atomic mass is 35.5. The van der Waals surface area contributed by atoms with Gasteiger partial charge in [-0.3, -0.25) is 9.71 Å². The third-order valence-electron chi connectivity index (χ3n) is 5.99. The molecule has 0 aliphatic carbocycles. The largest absolute Gasteiger partial charge is 0.495 e. The van der Waals surface area contributed by atoms with Gasteiger partial charge >= 0.3 is 0 Å². The van der Waals surface area contributed by atoms with Crippen LogP contribution in [0, 0.1) is 0 Å². The maximum absolute atomic E-state index is 12.0. The summed E-state index contributed by atoms with van der Waals surface area (Å²) < 4.78 is 38.3. The standard InChI is InChI=1S/C26H22Cl2N4O4S2/c1-35-21-10-9-15(14-19(21)31-38(2,33)34)32-25(24(30-26(32)37)18-8-3-4-13-29-18)22-12-11-20(36-22)16-6-5-7-17(27)23(16)28/h3-14,24-25,31H,1-2H3,(H,30,37)/t24-,25+/m0/s1. The summed E-state index contributed by atoms with van der Waals surface area (Å²) in [6, 6.07) is 19.0. The van der Waals surface area contributed by atoms with Gasteiger partial charge < -0.3 is 19.4 Å². The van der Waals surface area contributed by atoms with Crippen LogP contribution < -0.4 is 19.7 Å². The molecule has 5 rings (SSSR count). The second-order valence-corrected chi connectivity index (χ2v) is 11.5. The Labute approximate surface area is 235 Å². The summed E-state index contributed by atoms with van der Waals surface area (Å²) in [5.41, 5.74) is 2.31. The molecule has 2 atom stereocenters. The van der Waals surface area contributed by atoms with E-state index in [1.807, 2.05) is 41.3 Å². The number of halogens is 2. The van der Waals surface area contributed by atoms with Gasteiger partial charge in [-0.05, 0) is 66.8 Å². The Hall–Kier alpha value is -3.31. The van der Waals surface area contributed by atoms with Crippen LogP contribution in [0.2, 0.25) is 10.0 Å². The van der Waals surface area contributed by atoms with Crippen LogP contribution in [0.25, 0.3) is 11.3 Å². The SMILES string of the molecule is COc1ccc(N2C(=S)N[C@@H](c3ccccn3)[C@H]2c2ccc(-c3cccc(Cl)c3Cl)o2)cc1NS(C)(=O)=O. The number of furan rings is 1. The molecule has 12 heteroatoms. The molecule has 2 aromatic heterocycles. The molecule has 0 saturated carbocycles. The summed E-state index contributed by atoms with van der Waals surface area (Å²) in [6.07, 6.45) is 2.78. The van der Waals surface area contributed by atoms with Crippen molar-refractivity contribution in [3.63, 3.8) is 0 Å². The van der Waals surface area contributed by atoms with E-state index in [2.05, 4.69) is 15.0 Å². The highest BCUT2D eigenvalue weighted by Crippen LogP contribution is 2.45. The van der Waals surface area contributed by atoms with Crippen LogP contribution >= 0.6 is 35.4 Å². The monoisotopic (exact) mass is 588 g/mol. The van der Waals surface area contributed by atoms with Crippen molar-refractivity contribution < 1.29 is 17.6 Å². The normalized spacial score (nSPS) is 17.4. The van der Waals surface area contributed by atoms with Crippen LogP contribution in [0.4, 0.5) is 11.4 Å². The van der Waals surface area contributed by atoms with Crippen molar-refractivity contribution in [1.82, 2.24) is 10.3 Å². The van der Waals surface area contributed by atoms with Gasteiger partial charge in [-0.25, -0.2) is 8.42 Å². The molecule has 0 unspecified atom stereocenters. The Morgan fingerprint density at radius 1 is 1.11 bits per heavy atom. The van der Waals surface area contributed by atoms with Crippen LogP contribution in [0.15, 0.2) is 77.3 Å². The highest BCUT2D eigenvalue weighted by Gasteiger charge is 2.43. The second-order valence-electron chi connectivity index (χ2n) is 8.56. The van der Waals surface area contributed by atoms with Crippen molar-refractivity contribution in [3.8, 4) is 17.1 Å². The van der Waals surface area contributed by atoms with Crippen molar-refractivity contribution in [1.29, 1.82) is 0 Å². The fourth-order valence-electron chi connectivity index (χ4n) is 4.40. The van der Waals surface area contributed by atoms with Gasteiger partial charge in [-0.1, -0.05) is 35.3 Å². The first-order chi connectivity index (χ1) is 18.2. The van der Waals surface area contributed by atoms with Gasteiger partial charge in [0.1, 0.15) is 23.3 Å². The minimum absolute atomic E-state index is 0.279. The van der Waals surface area contributed by atoms with E-state index in [9.17, 15) is 8.42 Å². The quantitative estimate of drug-likeness (QED) is 0.246. The number of hydrogen-bond acceptors (Lipinski definition) is 6. The number of nitrogens with one attached hydrogen (secondary N) is 2. The van der Waals surface area contributed by atoms with Gasteiger partial charge in [0.05, 0.1) is 40.8 Å². The van der Waals surface area contributed by atoms with E-state index < -0.39 is 16.1 Å². The van der Waals surface area contributed by atoms with E-state index >= 15 is 0 Å². The molecule has 1 saturated heterocycles. The number of anilines is 2. The van der Waals surface area contributed by atoms with E-state index in [-0.39, 0.29) is 11.7 Å². The smallest absolute Gasteiger partial charge is 0.229 e. The molecule has 3 heterocycles. The Balaban J connectivity index is 1.63. The zero-order chi connectivity index (χ0) is 27.0. The lowest BCUT2D eigenvalue weighted by Crippen LogP contribution is -2.29. The molecule has 2 N–H and O–H groups in total. The van der Waals surface area contributed by atoms with Crippen LogP contribution in [-0.4, -0.2) is 31.9 Å². The third kappa shape index (κ3) is 5.17. The molecule has 0 amide bonds. The van der Waals surface area contributed by atoms with Crippen molar-refractivity contribution in [3.05, 3.63) is 94.4 Å². The third-order valence-corrected chi connectivity index (χ3v) is 7.71. The molecule has 1 aliphatic rings. The average molecular weight is 590 g/mol. The maximum atomic E-state index is 12.0. The first-order valence-electron chi connectivity index (χ1n) is 11.4. The molecule has 1 fully saturated rings. The lowest BCUT2D eigenvalue weighted by Gasteiger charge is -2.27. The molecular weight excluding hydrogens is 567 g/mol. The fourth-order valence-corrected chi connectivity index (χ4v) is 5.70. The first-order valence-corrected chi connectivity index (χ1v) is 14.4. The van der Waals surface area contributed by atoms with Crippen LogP contribution in [0.1, 0.15) is 23.5 Å². The lowest BCUT2D eigenvalue weighted by atomic mass is 10.0. The molecule has 2 aromatic carbocycles. The van der Waals surface area contributed by atoms with Gasteiger partial charge in [0.2, 0.25) is 10.0 Å². The summed E-state index contributed by atoms with van der Waals surface area (Å²) >= 11 is 18.5. The summed E-state index contributed by atoms with van der Waals surface area (Å²) in [6.45, 7) is 0. The van der Waals surface area contributed by atoms with Crippen molar-refractivity contribution in [2.45, 2.75) is 12.1 Å². The van der Waals surface area contributed by atoms with Gasteiger partial charge in [-0.15, -0.1) is 0 Å². The number of nitrogens with zero attached hydrogens (tertiary/aromatic N) is 2. The number of sulfonamides is 1. The predicted molar refractivity (Wildman–Crippen MR) is 154 cm³/mol. The van der Waals surface area contributed by atoms with Crippen LogP contribution in [0.3, 0.4) is 0 Å². The van der Waals surface area contributed by atoms with Gasteiger partial charge in [0.25, 0.3) is 0 Å². The Bertz CT molecular complexity index is 1610. The van der Waals surface area contributed by atoms with Crippen LogP contribution in [0.5, 0.6) is 5.75 Å². The van der Waals surface area contributed by atoms with E-state index in [0.717, 1.165) is 11.9 Å². The van der Waals surface area contributed by atoms with E-state index in [1.54, 1.807) is 36.5 Å². The minimum atomic E-state index is -3.57. The van der Waals surface area contributed by atoms with E-state index in [1.165, 1.54) is 7.11 Å². The zero-order valence-electron chi connectivity index (χ0n) is 20.2. The summed E-state index contributed by atoms with van der Waals surface area (Å²) in [4.78, 5) is 6.41. The van der Waals surface area contributed by atoms with Crippen molar-refractivity contribution >= 4 is 61.9 Å².